The molecule has 2 bridgehead atoms. The first-order valence-corrected chi connectivity index (χ1v) is 7.86. The third-order valence-electron chi connectivity index (χ3n) is 5.40. The summed E-state index contributed by atoms with van der Waals surface area (Å²) in [6.07, 6.45) is -7.66. The predicted molar refractivity (Wildman–Crippen MR) is 86.1 cm³/mol. The van der Waals surface area contributed by atoms with Crippen molar-refractivity contribution in [3.63, 3.8) is 0 Å². The van der Waals surface area contributed by atoms with E-state index >= 15 is 0 Å². The van der Waals surface area contributed by atoms with Crippen LogP contribution in [0.25, 0.3) is 0 Å². The molecule has 4 aliphatic heterocycles. The van der Waals surface area contributed by atoms with Crippen molar-refractivity contribution in [2.24, 2.45) is 5.92 Å². The molecule has 22 heavy (non-hydrogen) atoms. The Balaban J connectivity index is 1.81. The molecule has 3 saturated heterocycles. The second-order valence-electron chi connectivity index (χ2n) is 6.49. The molecule has 5 aliphatic rings. The van der Waals surface area contributed by atoms with Crippen LogP contribution in [-0.2, 0) is 6.37 Å². The van der Waals surface area contributed by atoms with E-state index in [1.807, 2.05) is 0 Å². The first-order valence-electron chi connectivity index (χ1n) is 12.9. The van der Waals surface area contributed by atoms with Gasteiger partial charge in [0.05, 0.1) is 4.11 Å². The zero-order chi connectivity index (χ0) is 23.6. The summed E-state index contributed by atoms with van der Waals surface area (Å²) in [5, 5.41) is 0. The van der Waals surface area contributed by atoms with Crippen LogP contribution in [0.3, 0.4) is 0 Å². The second-order valence-corrected chi connectivity index (χ2v) is 6.49. The van der Waals surface area contributed by atoms with Crippen LogP contribution in [0, 0.1) is 5.92 Å². The average Bonchev–Trinajstić information content (AvgIpc) is 2.73. The van der Waals surface area contributed by atoms with Crippen LogP contribution < -0.4 is 0 Å². The number of piperidine rings is 3. The van der Waals surface area contributed by atoms with Gasteiger partial charge in [-0.3, -0.25) is 4.79 Å². The standard InChI is InChI=1S/C19H24N2O/c22-19-16-6-2-4-14-3-1-5-15(18(14)16)11-21(19)17-12-20-9-7-13(17)8-10-20/h2,4,6,13,15,17H,1,3,5,7-12H2/t15-,17-/m1/s1/i1D2,2D,3D2,4D,5D2,6D,15D. The van der Waals surface area contributed by atoms with E-state index in [2.05, 4.69) is 4.90 Å². The van der Waals surface area contributed by atoms with Gasteiger partial charge in [0.1, 0.15) is 0 Å². The van der Waals surface area contributed by atoms with Gasteiger partial charge in [-0.15, -0.1) is 0 Å². The van der Waals surface area contributed by atoms with Crippen LogP contribution in [0.15, 0.2) is 18.1 Å². The van der Waals surface area contributed by atoms with Crippen LogP contribution in [0.4, 0.5) is 0 Å². The summed E-state index contributed by atoms with van der Waals surface area (Å²) >= 11 is 0. The third kappa shape index (κ3) is 1.81. The number of carbonyl (C=O) groups excluding carboxylic acids is 1. The van der Waals surface area contributed by atoms with Gasteiger partial charge in [-0.25, -0.2) is 0 Å². The molecule has 0 N–H and O–H groups in total. The average molecular weight is 306 g/mol. The minimum absolute atomic E-state index is 0.145. The maximum atomic E-state index is 13.7. The molecule has 6 rings (SSSR count). The van der Waals surface area contributed by atoms with Gasteiger partial charge in [-0.05, 0) is 68.1 Å². The van der Waals surface area contributed by atoms with Crippen molar-refractivity contribution >= 4 is 5.91 Å². The fourth-order valence-corrected chi connectivity index (χ4v) is 4.25. The zero-order valence-electron chi connectivity index (χ0n) is 22.2. The van der Waals surface area contributed by atoms with Crippen molar-refractivity contribution < 1.29 is 18.5 Å². The zero-order valence-corrected chi connectivity index (χ0v) is 12.2. The SMILES string of the molecule is [2H]c1c([2H])c2c3c(c1[2H])C([2H])([2H])C([2H])([2H])C([2H])([2H])[C@]3([2H])CN([C@@H]1CN3CCC1CC3)C2=O. The molecule has 116 valence electrons. The van der Waals surface area contributed by atoms with Crippen LogP contribution in [0.2, 0.25) is 0 Å². The summed E-state index contributed by atoms with van der Waals surface area (Å²) in [5.74, 6) is -2.94. The predicted octanol–water partition coefficient (Wildman–Crippen LogP) is 2.66. The smallest absolute Gasteiger partial charge is 0.254 e. The third-order valence-corrected chi connectivity index (χ3v) is 5.40. The van der Waals surface area contributed by atoms with Crippen LogP contribution >= 0.6 is 0 Å². The Morgan fingerprint density at radius 3 is 2.91 bits per heavy atom. The van der Waals surface area contributed by atoms with Gasteiger partial charge < -0.3 is 9.80 Å². The molecule has 0 spiro atoms. The summed E-state index contributed by atoms with van der Waals surface area (Å²) < 4.78 is 84.8. The number of carbonyl (C=O) groups is 1. The summed E-state index contributed by atoms with van der Waals surface area (Å²) in [4.78, 5) is 17.2. The van der Waals surface area contributed by atoms with E-state index in [9.17, 15) is 6.17 Å². The lowest BCUT2D eigenvalue weighted by atomic mass is 9.75. The van der Waals surface area contributed by atoms with Crippen molar-refractivity contribution in [2.45, 2.75) is 43.9 Å². The number of amides is 1. The van der Waals surface area contributed by atoms with Gasteiger partial charge in [-0.1, -0.05) is 12.1 Å². The molecule has 2 atom stereocenters. The van der Waals surface area contributed by atoms with E-state index in [-0.39, 0.29) is 12.0 Å². The number of rotatable bonds is 1. The molecule has 0 aromatic heterocycles. The van der Waals surface area contributed by atoms with Gasteiger partial charge >= 0.3 is 0 Å². The number of nitrogens with zero attached hydrogens (tertiary/aromatic N) is 2. The molecule has 1 aliphatic carbocycles. The van der Waals surface area contributed by atoms with E-state index in [0.717, 1.165) is 25.9 Å². The normalized spacial score (nSPS) is 53.2. The first-order chi connectivity index (χ1) is 14.7. The minimum Gasteiger partial charge on any atom is -0.333 e. The quantitative estimate of drug-likeness (QED) is 0.796. The topological polar surface area (TPSA) is 23.6 Å². The Kier molecular flexibility index (Phi) is 1.46. The van der Waals surface area contributed by atoms with Crippen molar-refractivity contribution in [3.05, 3.63) is 34.8 Å². The first kappa shape index (κ1) is 6.64. The molecule has 3 nitrogen and oxygen atoms in total. The summed E-state index contributed by atoms with van der Waals surface area (Å²) in [5.41, 5.74) is -1.51. The molecule has 0 radical (unpaired) electrons. The summed E-state index contributed by atoms with van der Waals surface area (Å²) in [6.45, 7) is 1.84. The Bertz CT molecular complexity index is 1040. The highest BCUT2D eigenvalue weighted by Gasteiger charge is 2.43. The molecule has 0 unspecified atom stereocenters. The second kappa shape index (κ2) is 4.82. The van der Waals surface area contributed by atoms with Crippen molar-refractivity contribution in [1.82, 2.24) is 9.80 Å². The molecule has 1 aromatic carbocycles. The molecule has 3 heteroatoms. The van der Waals surface area contributed by atoms with E-state index < -0.39 is 72.3 Å². The monoisotopic (exact) mass is 306 g/mol. The molecular formula is C19H24N2O. The van der Waals surface area contributed by atoms with E-state index in [0.29, 0.717) is 6.54 Å². The lowest BCUT2D eigenvalue weighted by Gasteiger charge is -2.51. The van der Waals surface area contributed by atoms with Crippen LogP contribution in [0.5, 0.6) is 0 Å². The van der Waals surface area contributed by atoms with Crippen molar-refractivity contribution in [2.75, 3.05) is 26.2 Å². The van der Waals surface area contributed by atoms with E-state index in [1.165, 1.54) is 4.90 Å². The fourth-order valence-electron chi connectivity index (χ4n) is 4.25. The molecule has 3 fully saturated rings. The fraction of sp³-hybridized carbons (Fsp3) is 0.632. The minimum atomic E-state index is -3.21. The van der Waals surface area contributed by atoms with E-state index in [4.69, 9.17) is 12.3 Å². The Morgan fingerprint density at radius 2 is 2.14 bits per heavy atom. The molecule has 1 amide bonds. The summed E-state index contributed by atoms with van der Waals surface area (Å²) in [7, 11) is 0. The number of hydrogen-bond acceptors (Lipinski definition) is 2. The largest absolute Gasteiger partial charge is 0.333 e. The molecule has 1 aromatic rings. The number of fused-ring (bicyclic) bond motifs is 3. The Labute approximate surface area is 146 Å². The summed E-state index contributed by atoms with van der Waals surface area (Å²) in [6, 6.07) is -2.44. The Hall–Kier alpha value is -1.35. The lowest BCUT2D eigenvalue weighted by Crippen LogP contribution is -2.60. The maximum absolute atomic E-state index is 13.7. The van der Waals surface area contributed by atoms with Gasteiger partial charge in [0.2, 0.25) is 0 Å². The number of hydrogen-bond donors (Lipinski definition) is 0. The highest BCUT2D eigenvalue weighted by molar-refractivity contribution is 5.97. The maximum Gasteiger partial charge on any atom is 0.254 e. The van der Waals surface area contributed by atoms with E-state index in [1.54, 1.807) is 0 Å². The van der Waals surface area contributed by atoms with Crippen LogP contribution in [-0.4, -0.2) is 47.9 Å². The highest BCUT2D eigenvalue weighted by Crippen LogP contribution is 2.41. The van der Waals surface area contributed by atoms with Crippen molar-refractivity contribution in [3.8, 4) is 0 Å². The van der Waals surface area contributed by atoms with Gasteiger partial charge in [-0.2, -0.15) is 0 Å². The van der Waals surface area contributed by atoms with Gasteiger partial charge in [0, 0.05) is 40.2 Å². The van der Waals surface area contributed by atoms with Crippen LogP contribution in [0.1, 0.15) is 66.7 Å². The molecule has 4 heterocycles. The molecule has 0 saturated carbocycles. The van der Waals surface area contributed by atoms with Crippen molar-refractivity contribution in [1.29, 1.82) is 0 Å². The highest BCUT2D eigenvalue weighted by atomic mass is 16.2. The number of benzene rings is 1. The van der Waals surface area contributed by atoms with Gasteiger partial charge in [0.15, 0.2) is 0 Å². The molecular weight excluding hydrogens is 272 g/mol. The lowest BCUT2D eigenvalue weighted by molar-refractivity contribution is 0.00258. The van der Waals surface area contributed by atoms with Gasteiger partial charge in [0.25, 0.3) is 5.91 Å². The Morgan fingerprint density at radius 1 is 1.27 bits per heavy atom.